The number of hydrogen-bond acceptors (Lipinski definition) is 8. The number of anilines is 1. The molecular weight excluding hydrogens is 404 g/mol. The summed E-state index contributed by atoms with van der Waals surface area (Å²) in [5.74, 6) is 1.05. The second-order valence-electron chi connectivity index (χ2n) is 6.64. The lowest BCUT2D eigenvalue weighted by Crippen LogP contribution is -2.35. The van der Waals surface area contributed by atoms with Gasteiger partial charge in [0.05, 0.1) is 31.4 Å². The van der Waals surface area contributed by atoms with E-state index in [-0.39, 0.29) is 11.6 Å². The highest BCUT2D eigenvalue weighted by Gasteiger charge is 2.25. The summed E-state index contributed by atoms with van der Waals surface area (Å²) in [6.07, 6.45) is 1.77. The van der Waals surface area contributed by atoms with Crippen molar-refractivity contribution >= 4 is 34.3 Å². The molecule has 0 atom stereocenters. The number of morpholine rings is 1. The molecular formula is C22H24N2O5S. The van der Waals surface area contributed by atoms with Gasteiger partial charge in [-0.05, 0) is 50.3 Å². The van der Waals surface area contributed by atoms with Crippen molar-refractivity contribution in [2.24, 2.45) is 4.99 Å². The minimum Gasteiger partial charge on any atom is -0.490 e. The van der Waals surface area contributed by atoms with E-state index in [0.717, 1.165) is 36.2 Å². The fraction of sp³-hybridized carbons (Fsp3) is 0.364. The number of cyclic esters (lactones) is 1. The molecule has 1 saturated heterocycles. The average Bonchev–Trinajstić information content (AvgIpc) is 3.38. The van der Waals surface area contributed by atoms with Crippen molar-refractivity contribution in [1.82, 2.24) is 0 Å². The minimum absolute atomic E-state index is 0.264. The Labute approximate surface area is 179 Å². The van der Waals surface area contributed by atoms with Gasteiger partial charge in [0.1, 0.15) is 0 Å². The van der Waals surface area contributed by atoms with Gasteiger partial charge in [-0.3, -0.25) is 0 Å². The maximum atomic E-state index is 12.4. The summed E-state index contributed by atoms with van der Waals surface area (Å²) in [7, 11) is 0. The van der Waals surface area contributed by atoms with Crippen molar-refractivity contribution in [3.63, 3.8) is 0 Å². The number of esters is 1. The zero-order valence-electron chi connectivity index (χ0n) is 17.1. The second kappa shape index (κ2) is 9.32. The Morgan fingerprint density at radius 2 is 1.87 bits per heavy atom. The topological polar surface area (TPSA) is 69.6 Å². The Morgan fingerprint density at radius 1 is 1.10 bits per heavy atom. The zero-order valence-corrected chi connectivity index (χ0v) is 17.9. The molecule has 1 aromatic heterocycles. The van der Waals surface area contributed by atoms with Gasteiger partial charge in [0.25, 0.3) is 0 Å². The van der Waals surface area contributed by atoms with Crippen molar-refractivity contribution in [2.45, 2.75) is 13.8 Å². The molecule has 2 aromatic rings. The van der Waals surface area contributed by atoms with Crippen LogP contribution >= 0.6 is 11.3 Å². The highest BCUT2D eigenvalue weighted by atomic mass is 32.1. The number of hydrogen-bond donors (Lipinski definition) is 0. The molecule has 0 aliphatic carbocycles. The number of carbonyl (C=O) groups excluding carboxylic acids is 1. The molecule has 1 fully saturated rings. The van der Waals surface area contributed by atoms with Crippen LogP contribution in [0.15, 0.2) is 41.0 Å². The summed E-state index contributed by atoms with van der Waals surface area (Å²) >= 11 is 1.62. The summed E-state index contributed by atoms with van der Waals surface area (Å²) in [6.45, 7) is 8.09. The first-order chi connectivity index (χ1) is 14.7. The van der Waals surface area contributed by atoms with E-state index in [0.29, 0.717) is 30.3 Å². The number of rotatable bonds is 7. The molecule has 0 spiro atoms. The van der Waals surface area contributed by atoms with Gasteiger partial charge in [-0.25, -0.2) is 9.79 Å². The number of benzene rings is 1. The number of carbonyl (C=O) groups is 1. The van der Waals surface area contributed by atoms with Crippen molar-refractivity contribution in [1.29, 1.82) is 0 Å². The summed E-state index contributed by atoms with van der Waals surface area (Å²) in [6, 6.07) is 9.45. The van der Waals surface area contributed by atoms with Crippen LogP contribution in [-0.2, 0) is 14.3 Å². The van der Waals surface area contributed by atoms with Gasteiger partial charge in [-0.15, -0.1) is 11.3 Å². The molecule has 2 aliphatic rings. The maximum Gasteiger partial charge on any atom is 0.363 e. The molecule has 4 rings (SSSR count). The molecule has 2 aliphatic heterocycles. The summed E-state index contributed by atoms with van der Waals surface area (Å²) in [5, 5.41) is 1.16. The molecule has 0 bridgehead atoms. The Hall–Kier alpha value is -2.84. The third-order valence-corrected chi connectivity index (χ3v) is 5.72. The standard InChI is InChI=1S/C22H24N2O5S/c1-3-27-18-7-5-15(13-19(18)28-4-2)21-23-17(22(25)29-21)14-16-6-8-20(30-16)24-9-11-26-12-10-24/h5-8,13-14H,3-4,9-12H2,1-2H3/b17-14-. The summed E-state index contributed by atoms with van der Waals surface area (Å²) < 4.78 is 22.1. The normalized spacial score (nSPS) is 17.8. The highest BCUT2D eigenvalue weighted by Crippen LogP contribution is 2.32. The third kappa shape index (κ3) is 4.49. The van der Waals surface area contributed by atoms with Crippen molar-refractivity contribution in [2.75, 3.05) is 44.4 Å². The maximum absolute atomic E-state index is 12.4. The fourth-order valence-electron chi connectivity index (χ4n) is 3.23. The van der Waals surface area contributed by atoms with Gasteiger partial charge in [-0.2, -0.15) is 0 Å². The number of nitrogens with zero attached hydrogens (tertiary/aromatic N) is 2. The molecule has 1 aromatic carbocycles. The zero-order chi connectivity index (χ0) is 20.9. The van der Waals surface area contributed by atoms with Gasteiger partial charge in [0.2, 0.25) is 5.90 Å². The van der Waals surface area contributed by atoms with Crippen LogP contribution in [0.25, 0.3) is 6.08 Å². The molecule has 0 unspecified atom stereocenters. The van der Waals surface area contributed by atoms with Gasteiger partial charge in [0, 0.05) is 23.5 Å². The largest absolute Gasteiger partial charge is 0.490 e. The lowest BCUT2D eigenvalue weighted by atomic mass is 10.2. The Kier molecular flexibility index (Phi) is 6.35. The van der Waals surface area contributed by atoms with Crippen LogP contribution in [-0.4, -0.2) is 51.4 Å². The van der Waals surface area contributed by atoms with Crippen LogP contribution in [0.4, 0.5) is 5.00 Å². The molecule has 3 heterocycles. The van der Waals surface area contributed by atoms with E-state index in [1.807, 2.05) is 26.0 Å². The van der Waals surface area contributed by atoms with Crippen LogP contribution in [0.3, 0.4) is 0 Å². The molecule has 0 amide bonds. The van der Waals surface area contributed by atoms with E-state index < -0.39 is 5.97 Å². The third-order valence-electron chi connectivity index (χ3n) is 4.63. The first-order valence-electron chi connectivity index (χ1n) is 10.0. The van der Waals surface area contributed by atoms with E-state index in [1.165, 1.54) is 0 Å². The van der Waals surface area contributed by atoms with E-state index in [4.69, 9.17) is 18.9 Å². The van der Waals surface area contributed by atoms with Crippen molar-refractivity contribution < 1.29 is 23.7 Å². The van der Waals surface area contributed by atoms with Crippen LogP contribution in [0, 0.1) is 0 Å². The monoisotopic (exact) mass is 428 g/mol. The summed E-state index contributed by atoms with van der Waals surface area (Å²) in [4.78, 5) is 20.0. The molecule has 30 heavy (non-hydrogen) atoms. The predicted octanol–water partition coefficient (Wildman–Crippen LogP) is 3.73. The first kappa shape index (κ1) is 20.4. The van der Waals surface area contributed by atoms with E-state index in [1.54, 1.807) is 29.5 Å². The van der Waals surface area contributed by atoms with Crippen molar-refractivity contribution in [3.8, 4) is 11.5 Å². The molecule has 0 radical (unpaired) electrons. The van der Waals surface area contributed by atoms with E-state index >= 15 is 0 Å². The molecule has 0 saturated carbocycles. The average molecular weight is 429 g/mol. The first-order valence-corrected chi connectivity index (χ1v) is 10.8. The lowest BCUT2D eigenvalue weighted by Gasteiger charge is -2.27. The van der Waals surface area contributed by atoms with Crippen LogP contribution < -0.4 is 14.4 Å². The van der Waals surface area contributed by atoms with E-state index in [9.17, 15) is 4.79 Å². The van der Waals surface area contributed by atoms with Crippen LogP contribution in [0.2, 0.25) is 0 Å². The van der Waals surface area contributed by atoms with Crippen LogP contribution in [0.5, 0.6) is 11.5 Å². The fourth-order valence-corrected chi connectivity index (χ4v) is 4.22. The second-order valence-corrected chi connectivity index (χ2v) is 7.73. The van der Waals surface area contributed by atoms with Gasteiger partial charge >= 0.3 is 5.97 Å². The number of thiophene rings is 1. The molecule has 158 valence electrons. The van der Waals surface area contributed by atoms with Crippen LogP contribution in [0.1, 0.15) is 24.3 Å². The summed E-state index contributed by atoms with van der Waals surface area (Å²) in [5.41, 5.74) is 0.950. The Balaban J connectivity index is 1.55. The van der Waals surface area contributed by atoms with E-state index in [2.05, 4.69) is 16.0 Å². The highest BCUT2D eigenvalue weighted by molar-refractivity contribution is 7.16. The van der Waals surface area contributed by atoms with Gasteiger partial charge < -0.3 is 23.8 Å². The Bertz CT molecular complexity index is 976. The lowest BCUT2D eigenvalue weighted by molar-refractivity contribution is -0.129. The smallest absolute Gasteiger partial charge is 0.363 e. The molecule has 7 nitrogen and oxygen atoms in total. The Morgan fingerprint density at radius 3 is 2.63 bits per heavy atom. The van der Waals surface area contributed by atoms with Gasteiger partial charge in [-0.1, -0.05) is 0 Å². The molecule has 0 N–H and O–H groups in total. The van der Waals surface area contributed by atoms with Gasteiger partial charge in [0.15, 0.2) is 17.2 Å². The quantitative estimate of drug-likeness (QED) is 0.494. The number of aliphatic imine (C=N–C) groups is 1. The minimum atomic E-state index is -0.460. The molecule has 8 heteroatoms. The SMILES string of the molecule is CCOc1ccc(C2=N/C(=C\c3ccc(N4CCOCC4)s3)C(=O)O2)cc1OCC. The van der Waals surface area contributed by atoms with Crippen molar-refractivity contribution in [3.05, 3.63) is 46.5 Å². The predicted molar refractivity (Wildman–Crippen MR) is 117 cm³/mol. The number of ether oxygens (including phenoxy) is 4.